The van der Waals surface area contributed by atoms with Crippen LogP contribution in [-0.2, 0) is 7.05 Å². The van der Waals surface area contributed by atoms with Crippen molar-refractivity contribution < 1.29 is 4.79 Å². The van der Waals surface area contributed by atoms with Crippen molar-refractivity contribution in [1.82, 2.24) is 15.1 Å². The van der Waals surface area contributed by atoms with Crippen LogP contribution in [0.4, 0.5) is 5.69 Å². The van der Waals surface area contributed by atoms with E-state index in [1.165, 1.54) is 32.1 Å². The number of anilines is 1. The zero-order valence-corrected chi connectivity index (χ0v) is 10.3. The Morgan fingerprint density at radius 3 is 2.82 bits per heavy atom. The van der Waals surface area contributed by atoms with E-state index in [1.54, 1.807) is 17.9 Å². The van der Waals surface area contributed by atoms with Gasteiger partial charge in [0.1, 0.15) is 0 Å². The lowest BCUT2D eigenvalue weighted by atomic mass is 9.89. The highest BCUT2D eigenvalue weighted by Crippen LogP contribution is 2.22. The van der Waals surface area contributed by atoms with E-state index in [9.17, 15) is 4.79 Å². The fourth-order valence-corrected chi connectivity index (χ4v) is 2.40. The Morgan fingerprint density at radius 1 is 1.53 bits per heavy atom. The summed E-state index contributed by atoms with van der Waals surface area (Å²) in [6, 6.07) is 0. The SMILES string of the molecule is Cn1cc(N)c(C(=O)NCC2CCCCC2)n1. The first kappa shape index (κ1) is 12.0. The molecule has 1 aliphatic carbocycles. The number of nitrogens with zero attached hydrogens (tertiary/aromatic N) is 2. The Labute approximate surface area is 101 Å². The van der Waals surface area contributed by atoms with Crippen molar-refractivity contribution >= 4 is 11.6 Å². The second kappa shape index (κ2) is 5.21. The summed E-state index contributed by atoms with van der Waals surface area (Å²) in [6.45, 7) is 0.745. The molecular weight excluding hydrogens is 216 g/mol. The molecule has 0 aromatic carbocycles. The monoisotopic (exact) mass is 236 g/mol. The molecule has 2 rings (SSSR count). The third kappa shape index (κ3) is 2.99. The number of aromatic nitrogens is 2. The Balaban J connectivity index is 1.86. The largest absolute Gasteiger partial charge is 0.396 e. The molecular formula is C12H20N4O. The number of nitrogen functional groups attached to an aromatic ring is 1. The van der Waals surface area contributed by atoms with Gasteiger partial charge in [0, 0.05) is 19.8 Å². The molecule has 0 atom stereocenters. The number of hydrogen-bond donors (Lipinski definition) is 2. The van der Waals surface area contributed by atoms with Crippen LogP contribution in [0, 0.1) is 5.92 Å². The summed E-state index contributed by atoms with van der Waals surface area (Å²) < 4.78 is 1.56. The maximum Gasteiger partial charge on any atom is 0.273 e. The topological polar surface area (TPSA) is 72.9 Å². The van der Waals surface area contributed by atoms with Gasteiger partial charge in [-0.3, -0.25) is 9.48 Å². The Morgan fingerprint density at radius 2 is 2.24 bits per heavy atom. The molecule has 1 fully saturated rings. The lowest BCUT2D eigenvalue weighted by Gasteiger charge is -2.21. The molecule has 1 aromatic rings. The molecule has 94 valence electrons. The first-order valence-corrected chi connectivity index (χ1v) is 6.24. The molecule has 0 aliphatic heterocycles. The van der Waals surface area contributed by atoms with Crippen LogP contribution in [0.2, 0.25) is 0 Å². The van der Waals surface area contributed by atoms with Gasteiger partial charge in [0.15, 0.2) is 5.69 Å². The smallest absolute Gasteiger partial charge is 0.273 e. The third-order valence-electron chi connectivity index (χ3n) is 3.35. The summed E-state index contributed by atoms with van der Waals surface area (Å²) in [5, 5.41) is 6.98. The van der Waals surface area contributed by atoms with Crippen molar-refractivity contribution in [2.24, 2.45) is 13.0 Å². The highest BCUT2D eigenvalue weighted by atomic mass is 16.1. The van der Waals surface area contributed by atoms with E-state index in [4.69, 9.17) is 5.73 Å². The minimum absolute atomic E-state index is 0.159. The molecule has 5 nitrogen and oxygen atoms in total. The Hall–Kier alpha value is -1.52. The summed E-state index contributed by atoms with van der Waals surface area (Å²) in [4.78, 5) is 11.9. The number of carbonyl (C=O) groups is 1. The fraction of sp³-hybridized carbons (Fsp3) is 0.667. The number of hydrogen-bond acceptors (Lipinski definition) is 3. The van der Waals surface area contributed by atoms with Crippen molar-refractivity contribution in [2.75, 3.05) is 12.3 Å². The van der Waals surface area contributed by atoms with Gasteiger partial charge in [0.05, 0.1) is 5.69 Å². The second-order valence-electron chi connectivity index (χ2n) is 4.82. The van der Waals surface area contributed by atoms with E-state index < -0.39 is 0 Å². The highest BCUT2D eigenvalue weighted by Gasteiger charge is 2.17. The molecule has 1 saturated carbocycles. The van der Waals surface area contributed by atoms with Gasteiger partial charge in [-0.1, -0.05) is 19.3 Å². The van der Waals surface area contributed by atoms with Gasteiger partial charge in [-0.05, 0) is 18.8 Å². The number of amides is 1. The zero-order chi connectivity index (χ0) is 12.3. The van der Waals surface area contributed by atoms with Crippen molar-refractivity contribution in [3.63, 3.8) is 0 Å². The van der Waals surface area contributed by atoms with E-state index >= 15 is 0 Å². The molecule has 0 spiro atoms. The first-order valence-electron chi connectivity index (χ1n) is 6.24. The van der Waals surface area contributed by atoms with E-state index in [0.29, 0.717) is 17.3 Å². The summed E-state index contributed by atoms with van der Waals surface area (Å²) in [7, 11) is 1.76. The molecule has 0 saturated heterocycles. The van der Waals surface area contributed by atoms with Gasteiger partial charge < -0.3 is 11.1 Å². The van der Waals surface area contributed by atoms with Gasteiger partial charge in [-0.2, -0.15) is 5.10 Å². The predicted molar refractivity (Wildman–Crippen MR) is 66.5 cm³/mol. The van der Waals surface area contributed by atoms with Gasteiger partial charge in [0.2, 0.25) is 0 Å². The minimum atomic E-state index is -0.159. The molecule has 1 heterocycles. The lowest BCUT2D eigenvalue weighted by Crippen LogP contribution is -2.31. The summed E-state index contributed by atoms with van der Waals surface area (Å²) in [6.07, 6.45) is 7.99. The molecule has 0 bridgehead atoms. The average molecular weight is 236 g/mol. The minimum Gasteiger partial charge on any atom is -0.396 e. The summed E-state index contributed by atoms with van der Waals surface area (Å²) >= 11 is 0. The van der Waals surface area contributed by atoms with Crippen LogP contribution in [0.25, 0.3) is 0 Å². The number of nitrogens with one attached hydrogen (secondary N) is 1. The summed E-state index contributed by atoms with van der Waals surface area (Å²) in [5.41, 5.74) is 6.48. The van der Waals surface area contributed by atoms with Gasteiger partial charge in [-0.25, -0.2) is 0 Å². The molecule has 17 heavy (non-hydrogen) atoms. The Kier molecular flexibility index (Phi) is 3.66. The van der Waals surface area contributed by atoms with Gasteiger partial charge in [0.25, 0.3) is 5.91 Å². The number of carbonyl (C=O) groups excluding carboxylic acids is 1. The van der Waals surface area contributed by atoms with Crippen LogP contribution in [0.1, 0.15) is 42.6 Å². The predicted octanol–water partition coefficient (Wildman–Crippen LogP) is 1.31. The molecule has 1 amide bonds. The quantitative estimate of drug-likeness (QED) is 0.831. The van der Waals surface area contributed by atoms with Gasteiger partial charge in [-0.15, -0.1) is 0 Å². The first-order chi connectivity index (χ1) is 8.16. The molecule has 5 heteroatoms. The van der Waals surface area contributed by atoms with Crippen LogP contribution in [0.3, 0.4) is 0 Å². The average Bonchev–Trinajstić information content (AvgIpc) is 2.67. The maximum atomic E-state index is 11.9. The van der Waals surface area contributed by atoms with Crippen LogP contribution in [0.15, 0.2) is 6.20 Å². The van der Waals surface area contributed by atoms with E-state index in [-0.39, 0.29) is 5.91 Å². The van der Waals surface area contributed by atoms with Crippen molar-refractivity contribution in [1.29, 1.82) is 0 Å². The second-order valence-corrected chi connectivity index (χ2v) is 4.82. The van der Waals surface area contributed by atoms with Crippen molar-refractivity contribution in [2.45, 2.75) is 32.1 Å². The maximum absolute atomic E-state index is 11.9. The zero-order valence-electron chi connectivity index (χ0n) is 10.3. The third-order valence-corrected chi connectivity index (χ3v) is 3.35. The number of aryl methyl sites for hydroxylation is 1. The molecule has 0 unspecified atom stereocenters. The molecule has 1 aromatic heterocycles. The summed E-state index contributed by atoms with van der Waals surface area (Å²) in [5.74, 6) is 0.464. The highest BCUT2D eigenvalue weighted by molar-refractivity contribution is 5.96. The fourth-order valence-electron chi connectivity index (χ4n) is 2.40. The number of rotatable bonds is 3. The van der Waals surface area contributed by atoms with E-state index in [2.05, 4.69) is 10.4 Å². The van der Waals surface area contributed by atoms with Crippen molar-refractivity contribution in [3.8, 4) is 0 Å². The van der Waals surface area contributed by atoms with Crippen LogP contribution < -0.4 is 11.1 Å². The van der Waals surface area contributed by atoms with E-state index in [1.807, 2.05) is 0 Å². The molecule has 3 N–H and O–H groups in total. The van der Waals surface area contributed by atoms with Crippen LogP contribution in [0.5, 0.6) is 0 Å². The van der Waals surface area contributed by atoms with Gasteiger partial charge >= 0.3 is 0 Å². The van der Waals surface area contributed by atoms with Crippen molar-refractivity contribution in [3.05, 3.63) is 11.9 Å². The number of nitrogens with two attached hydrogens (primary N) is 1. The molecule has 0 radical (unpaired) electrons. The normalized spacial score (nSPS) is 17.0. The lowest BCUT2D eigenvalue weighted by molar-refractivity contribution is 0.0938. The van der Waals surface area contributed by atoms with Crippen LogP contribution >= 0.6 is 0 Å². The van der Waals surface area contributed by atoms with Crippen LogP contribution in [-0.4, -0.2) is 22.2 Å². The Bertz CT molecular complexity index is 393. The van der Waals surface area contributed by atoms with E-state index in [0.717, 1.165) is 6.54 Å². The molecule has 1 aliphatic rings. The standard InChI is InChI=1S/C12H20N4O/c1-16-8-10(13)11(15-16)12(17)14-7-9-5-3-2-4-6-9/h8-9H,2-7,13H2,1H3,(H,14,17).